The van der Waals surface area contributed by atoms with Crippen LogP contribution in [0.5, 0.6) is 0 Å². The first-order valence-electron chi connectivity index (χ1n) is 10.9. The summed E-state index contributed by atoms with van der Waals surface area (Å²) in [7, 11) is 0. The minimum Gasteiger partial charge on any atom is -0.370 e. The molecule has 5 nitrogen and oxygen atoms in total. The number of hydrogen-bond acceptors (Lipinski definition) is 4. The summed E-state index contributed by atoms with van der Waals surface area (Å²) in [6.07, 6.45) is -0.188. The van der Waals surface area contributed by atoms with Crippen molar-refractivity contribution in [3.63, 3.8) is 0 Å². The van der Waals surface area contributed by atoms with E-state index in [1.165, 1.54) is 17.4 Å². The van der Waals surface area contributed by atoms with Crippen molar-refractivity contribution in [1.82, 2.24) is 4.90 Å². The Bertz CT molecular complexity index is 956. The lowest BCUT2D eigenvalue weighted by Gasteiger charge is -2.33. The van der Waals surface area contributed by atoms with Crippen LogP contribution in [0.25, 0.3) is 0 Å². The number of benzene rings is 1. The van der Waals surface area contributed by atoms with Gasteiger partial charge in [-0.25, -0.2) is 0 Å². The van der Waals surface area contributed by atoms with Crippen molar-refractivity contribution in [1.29, 1.82) is 0 Å². The number of nitrogens with zero attached hydrogens (tertiary/aromatic N) is 2. The molecule has 2 amide bonds. The van der Waals surface area contributed by atoms with Gasteiger partial charge in [-0.05, 0) is 61.7 Å². The smallest absolute Gasteiger partial charge is 0.370 e. The van der Waals surface area contributed by atoms with E-state index < -0.39 is 17.7 Å². The lowest BCUT2D eigenvalue weighted by molar-refractivity contribution is -0.137. The number of nitrogens with one attached hydrogen (secondary N) is 1. The monoisotopic (exact) mass is 465 g/mol. The molecule has 9 heteroatoms. The normalized spacial score (nSPS) is 19.7. The second kappa shape index (κ2) is 9.52. The predicted molar refractivity (Wildman–Crippen MR) is 119 cm³/mol. The highest BCUT2D eigenvalue weighted by molar-refractivity contribution is 7.12. The average Bonchev–Trinajstić information content (AvgIpc) is 3.33. The van der Waals surface area contributed by atoms with Crippen LogP contribution in [-0.4, -0.2) is 42.9 Å². The Hall–Kier alpha value is -2.55. The van der Waals surface area contributed by atoms with Crippen LogP contribution in [0.3, 0.4) is 0 Å². The van der Waals surface area contributed by atoms with Gasteiger partial charge in [0.2, 0.25) is 5.91 Å². The summed E-state index contributed by atoms with van der Waals surface area (Å²) in [6.45, 7) is 2.34. The SMILES string of the molecule is O=C(Nc1cc(C(F)(F)F)ccc1N1CCCCC1)C1CCCN(C(=O)c2cccs2)C1. The topological polar surface area (TPSA) is 52.7 Å². The van der Waals surface area contributed by atoms with E-state index in [1.54, 1.807) is 11.0 Å². The first kappa shape index (κ1) is 22.6. The number of hydrogen-bond donors (Lipinski definition) is 1. The summed E-state index contributed by atoms with van der Waals surface area (Å²) in [4.78, 5) is 30.1. The van der Waals surface area contributed by atoms with Crippen molar-refractivity contribution in [2.75, 3.05) is 36.4 Å². The number of alkyl halides is 3. The molecular weight excluding hydrogens is 439 g/mol. The average molecular weight is 466 g/mol. The van der Waals surface area contributed by atoms with Gasteiger partial charge in [-0.3, -0.25) is 9.59 Å². The summed E-state index contributed by atoms with van der Waals surface area (Å²) in [5, 5.41) is 4.60. The third-order valence-electron chi connectivity index (χ3n) is 6.09. The summed E-state index contributed by atoms with van der Waals surface area (Å²) >= 11 is 1.35. The molecule has 1 atom stereocenters. The largest absolute Gasteiger partial charge is 0.416 e. The van der Waals surface area contributed by atoms with Gasteiger partial charge < -0.3 is 15.1 Å². The fraction of sp³-hybridized carbons (Fsp3) is 0.478. The van der Waals surface area contributed by atoms with E-state index >= 15 is 0 Å². The second-order valence-corrected chi connectivity index (χ2v) is 9.28. The van der Waals surface area contributed by atoms with E-state index in [4.69, 9.17) is 0 Å². The molecule has 1 N–H and O–H groups in total. The summed E-state index contributed by atoms with van der Waals surface area (Å²) in [5.74, 6) is -0.909. The highest BCUT2D eigenvalue weighted by atomic mass is 32.1. The molecule has 2 aliphatic rings. The van der Waals surface area contributed by atoms with Crippen molar-refractivity contribution in [3.8, 4) is 0 Å². The van der Waals surface area contributed by atoms with E-state index in [0.29, 0.717) is 30.0 Å². The Labute approximate surface area is 189 Å². The van der Waals surface area contributed by atoms with E-state index in [0.717, 1.165) is 44.5 Å². The Balaban J connectivity index is 1.52. The van der Waals surface area contributed by atoms with E-state index in [9.17, 15) is 22.8 Å². The molecule has 2 aromatic rings. The molecule has 0 aliphatic carbocycles. The van der Waals surface area contributed by atoms with Crippen LogP contribution in [0, 0.1) is 5.92 Å². The number of carbonyl (C=O) groups excluding carboxylic acids is 2. The standard InChI is InChI=1S/C23H26F3N3O2S/c24-23(25,26)17-8-9-19(28-10-2-1-3-11-28)18(14-17)27-21(30)16-6-4-12-29(15-16)22(31)20-7-5-13-32-20/h5,7-9,13-14,16H,1-4,6,10-12,15H2,(H,27,30). The number of carbonyl (C=O) groups is 2. The molecule has 2 aliphatic heterocycles. The van der Waals surface area contributed by atoms with Crippen LogP contribution in [-0.2, 0) is 11.0 Å². The quantitative estimate of drug-likeness (QED) is 0.671. The van der Waals surface area contributed by atoms with Gasteiger partial charge in [-0.15, -0.1) is 11.3 Å². The van der Waals surface area contributed by atoms with Gasteiger partial charge in [0, 0.05) is 26.2 Å². The van der Waals surface area contributed by atoms with Crippen LogP contribution < -0.4 is 10.2 Å². The van der Waals surface area contributed by atoms with E-state index in [-0.39, 0.29) is 24.0 Å². The van der Waals surface area contributed by atoms with Crippen LogP contribution >= 0.6 is 11.3 Å². The fourth-order valence-corrected chi connectivity index (χ4v) is 5.08. The van der Waals surface area contributed by atoms with Gasteiger partial charge in [0.05, 0.1) is 27.7 Å². The Kier molecular flexibility index (Phi) is 6.74. The third-order valence-corrected chi connectivity index (χ3v) is 6.95. The number of rotatable bonds is 4. The van der Waals surface area contributed by atoms with E-state index in [2.05, 4.69) is 5.32 Å². The fourth-order valence-electron chi connectivity index (χ4n) is 4.39. The number of likely N-dealkylation sites (tertiary alicyclic amines) is 1. The van der Waals surface area contributed by atoms with Crippen LogP contribution in [0.1, 0.15) is 47.3 Å². The van der Waals surface area contributed by atoms with Crippen molar-refractivity contribution in [3.05, 3.63) is 46.2 Å². The van der Waals surface area contributed by atoms with E-state index in [1.807, 2.05) is 16.3 Å². The third kappa shape index (κ3) is 5.09. The molecule has 3 heterocycles. The molecule has 0 spiro atoms. The molecule has 1 aromatic heterocycles. The van der Waals surface area contributed by atoms with Gasteiger partial charge in [0.15, 0.2) is 0 Å². The molecule has 0 radical (unpaired) electrons. The van der Waals surface area contributed by atoms with Crippen molar-refractivity contribution >= 4 is 34.5 Å². The highest BCUT2D eigenvalue weighted by Crippen LogP contribution is 2.37. The maximum absolute atomic E-state index is 13.3. The van der Waals surface area contributed by atoms with Crippen molar-refractivity contribution in [2.45, 2.75) is 38.3 Å². The molecule has 4 rings (SSSR count). The molecule has 0 bridgehead atoms. The van der Waals surface area contributed by atoms with Crippen molar-refractivity contribution < 1.29 is 22.8 Å². The minimum atomic E-state index is -4.49. The van der Waals surface area contributed by atoms with Gasteiger partial charge in [0.25, 0.3) is 5.91 Å². The van der Waals surface area contributed by atoms with Gasteiger partial charge in [0.1, 0.15) is 0 Å². The van der Waals surface area contributed by atoms with Gasteiger partial charge in [-0.1, -0.05) is 6.07 Å². The molecule has 32 heavy (non-hydrogen) atoms. The molecular formula is C23H26F3N3O2S. The Morgan fingerprint density at radius 2 is 1.81 bits per heavy atom. The summed E-state index contributed by atoms with van der Waals surface area (Å²) in [5.41, 5.74) is 0.0218. The molecule has 2 saturated heterocycles. The Morgan fingerprint density at radius 3 is 2.50 bits per heavy atom. The zero-order chi connectivity index (χ0) is 22.7. The molecule has 0 saturated carbocycles. The number of halogens is 3. The maximum Gasteiger partial charge on any atom is 0.416 e. The zero-order valence-electron chi connectivity index (χ0n) is 17.7. The number of anilines is 2. The highest BCUT2D eigenvalue weighted by Gasteiger charge is 2.33. The number of thiophene rings is 1. The Morgan fingerprint density at radius 1 is 1.03 bits per heavy atom. The van der Waals surface area contributed by atoms with Crippen molar-refractivity contribution in [2.24, 2.45) is 5.92 Å². The van der Waals surface area contributed by atoms with Gasteiger partial charge >= 0.3 is 6.18 Å². The number of amides is 2. The summed E-state index contributed by atoms with van der Waals surface area (Å²) in [6, 6.07) is 7.12. The zero-order valence-corrected chi connectivity index (χ0v) is 18.5. The lowest BCUT2D eigenvalue weighted by atomic mass is 9.96. The molecule has 1 unspecified atom stereocenters. The predicted octanol–water partition coefficient (Wildman–Crippen LogP) is 5.25. The summed E-state index contributed by atoms with van der Waals surface area (Å²) < 4.78 is 40.0. The minimum absolute atomic E-state index is 0.106. The lowest BCUT2D eigenvalue weighted by Crippen LogP contribution is -2.43. The first-order chi connectivity index (χ1) is 15.3. The first-order valence-corrected chi connectivity index (χ1v) is 11.8. The number of piperidine rings is 2. The second-order valence-electron chi connectivity index (χ2n) is 8.33. The van der Waals surface area contributed by atoms with Gasteiger partial charge in [-0.2, -0.15) is 13.2 Å². The van der Waals surface area contributed by atoms with Crippen LogP contribution in [0.2, 0.25) is 0 Å². The van der Waals surface area contributed by atoms with Crippen LogP contribution in [0.15, 0.2) is 35.7 Å². The molecule has 2 fully saturated rings. The maximum atomic E-state index is 13.3. The molecule has 1 aromatic carbocycles. The molecule has 172 valence electrons. The van der Waals surface area contributed by atoms with Crippen LogP contribution in [0.4, 0.5) is 24.5 Å².